The molecular weight excluding hydrogens is 659 g/mol. The zero-order valence-corrected chi connectivity index (χ0v) is 29.9. The van der Waals surface area contributed by atoms with Crippen LogP contribution >= 0.6 is 23.2 Å². The van der Waals surface area contributed by atoms with E-state index in [1.54, 1.807) is 18.2 Å². The van der Waals surface area contributed by atoms with Crippen LogP contribution in [0.2, 0.25) is 10.4 Å². The molecule has 0 aliphatic carbocycles. The Morgan fingerprint density at radius 2 is 1.16 bits per heavy atom. The van der Waals surface area contributed by atoms with Crippen molar-refractivity contribution in [3.63, 3.8) is 0 Å². The standard InChI is InChI=1S/C23H23N3O2.C15H13Cl2N3O/c1-15(2)21-22(27-14-18-8-6-5-7-9-18)25-17(4)26-23(21)28-20-11-16(3)10-19(12-20)13-24;1-8(2)12-13(16)19-15(17)20-14(12)21-11-5-9(3)4-10(6-11)7-18/h5-12,15H,14H2,1-4H3;4-6,8H,1-3H3. The lowest BCUT2D eigenvalue weighted by molar-refractivity contribution is 0.284. The third-order valence-corrected chi connectivity index (χ3v) is 7.44. The van der Waals surface area contributed by atoms with Gasteiger partial charge >= 0.3 is 0 Å². The molecule has 0 atom stereocenters. The summed E-state index contributed by atoms with van der Waals surface area (Å²) >= 11 is 12.0. The predicted molar refractivity (Wildman–Crippen MR) is 190 cm³/mol. The van der Waals surface area contributed by atoms with Crippen molar-refractivity contribution in [2.24, 2.45) is 0 Å². The molecule has 49 heavy (non-hydrogen) atoms. The number of nitrogens with zero attached hydrogens (tertiary/aromatic N) is 6. The van der Waals surface area contributed by atoms with Gasteiger partial charge in [0.05, 0.1) is 34.4 Å². The Morgan fingerprint density at radius 1 is 0.653 bits per heavy atom. The van der Waals surface area contributed by atoms with Gasteiger partial charge in [-0.25, -0.2) is 4.98 Å². The third kappa shape index (κ3) is 10.1. The lowest BCUT2D eigenvalue weighted by atomic mass is 10.1. The van der Waals surface area contributed by atoms with Crippen LogP contribution in [0.25, 0.3) is 0 Å². The number of hydrogen-bond acceptors (Lipinski definition) is 9. The Kier molecular flexibility index (Phi) is 12.5. The van der Waals surface area contributed by atoms with Crippen LogP contribution in [0.4, 0.5) is 0 Å². The molecule has 0 unspecified atom stereocenters. The lowest BCUT2D eigenvalue weighted by Gasteiger charge is -2.18. The summed E-state index contributed by atoms with van der Waals surface area (Å²) in [5.74, 6) is 3.12. The van der Waals surface area contributed by atoms with Gasteiger partial charge in [-0.2, -0.15) is 25.5 Å². The summed E-state index contributed by atoms with van der Waals surface area (Å²) in [5, 5.41) is 18.5. The maximum Gasteiger partial charge on any atom is 0.229 e. The summed E-state index contributed by atoms with van der Waals surface area (Å²) in [6, 6.07) is 24.8. The summed E-state index contributed by atoms with van der Waals surface area (Å²) < 4.78 is 17.9. The Morgan fingerprint density at radius 3 is 1.67 bits per heavy atom. The van der Waals surface area contributed by atoms with Crippen molar-refractivity contribution in [2.75, 3.05) is 0 Å². The smallest absolute Gasteiger partial charge is 0.229 e. The highest BCUT2D eigenvalue weighted by molar-refractivity contribution is 6.32. The molecule has 0 saturated carbocycles. The van der Waals surface area contributed by atoms with E-state index < -0.39 is 0 Å². The van der Waals surface area contributed by atoms with Gasteiger partial charge in [-0.1, -0.05) is 69.6 Å². The minimum absolute atomic E-state index is 0.0209. The van der Waals surface area contributed by atoms with Gasteiger partial charge in [0.25, 0.3) is 0 Å². The summed E-state index contributed by atoms with van der Waals surface area (Å²) in [7, 11) is 0. The molecular formula is C38H36Cl2N6O3. The molecule has 0 amide bonds. The lowest BCUT2D eigenvalue weighted by Crippen LogP contribution is -2.07. The molecule has 2 heterocycles. The fraction of sp³-hybridized carbons (Fsp3) is 0.263. The fourth-order valence-corrected chi connectivity index (χ4v) is 5.45. The van der Waals surface area contributed by atoms with Crippen LogP contribution in [0, 0.1) is 43.4 Å². The second-order valence-electron chi connectivity index (χ2n) is 11.9. The van der Waals surface area contributed by atoms with Gasteiger partial charge in [0.2, 0.25) is 22.9 Å². The van der Waals surface area contributed by atoms with Crippen molar-refractivity contribution in [3.05, 3.63) is 122 Å². The Bertz CT molecular complexity index is 2020. The monoisotopic (exact) mass is 694 g/mol. The molecule has 0 radical (unpaired) electrons. The van der Waals surface area contributed by atoms with E-state index in [9.17, 15) is 5.26 Å². The number of hydrogen-bond donors (Lipinski definition) is 0. The summed E-state index contributed by atoms with van der Waals surface area (Å²) in [4.78, 5) is 17.0. The highest BCUT2D eigenvalue weighted by atomic mass is 35.5. The number of rotatable bonds is 9. The SMILES string of the molecule is Cc1cc(C#N)cc(Oc2nc(C)nc(OCc3ccccc3)c2C(C)C)c1.Cc1cc(C#N)cc(Oc2nc(Cl)nc(Cl)c2C(C)C)c1. The van der Waals surface area contributed by atoms with Gasteiger partial charge < -0.3 is 14.2 Å². The van der Waals surface area contributed by atoms with Crippen molar-refractivity contribution < 1.29 is 14.2 Å². The summed E-state index contributed by atoms with van der Waals surface area (Å²) in [6.45, 7) is 14.1. The molecule has 0 fully saturated rings. The second-order valence-corrected chi connectivity index (χ2v) is 12.6. The number of benzene rings is 3. The Hall–Kier alpha value is -5.22. The molecule has 0 aliphatic rings. The van der Waals surface area contributed by atoms with E-state index in [4.69, 9.17) is 42.7 Å². The Balaban J connectivity index is 0.000000230. The Labute approximate surface area is 297 Å². The van der Waals surface area contributed by atoms with Crippen LogP contribution in [0.5, 0.6) is 29.1 Å². The van der Waals surface area contributed by atoms with E-state index in [2.05, 4.69) is 32.1 Å². The van der Waals surface area contributed by atoms with E-state index in [1.165, 1.54) is 0 Å². The van der Waals surface area contributed by atoms with Crippen LogP contribution in [0.1, 0.15) is 84.3 Å². The van der Waals surface area contributed by atoms with Crippen LogP contribution < -0.4 is 14.2 Å². The van der Waals surface area contributed by atoms with Gasteiger partial charge in [0, 0.05) is 0 Å². The minimum Gasteiger partial charge on any atom is -0.472 e. The summed E-state index contributed by atoms with van der Waals surface area (Å²) in [6.07, 6.45) is 0. The summed E-state index contributed by atoms with van der Waals surface area (Å²) in [5.41, 5.74) is 5.48. The molecule has 11 heteroatoms. The third-order valence-electron chi connectivity index (χ3n) is 6.99. The first-order chi connectivity index (χ1) is 23.4. The molecule has 2 aromatic heterocycles. The number of halogens is 2. The topological polar surface area (TPSA) is 127 Å². The zero-order valence-electron chi connectivity index (χ0n) is 28.4. The van der Waals surface area contributed by atoms with Crippen molar-refractivity contribution in [1.82, 2.24) is 19.9 Å². The van der Waals surface area contributed by atoms with Gasteiger partial charge in [0.1, 0.15) is 29.1 Å². The number of aromatic nitrogens is 4. The molecule has 5 rings (SSSR count). The highest BCUT2D eigenvalue weighted by Crippen LogP contribution is 2.37. The molecule has 0 saturated heterocycles. The van der Waals surface area contributed by atoms with Gasteiger partial charge in [0.15, 0.2) is 0 Å². The predicted octanol–water partition coefficient (Wildman–Crippen LogP) is 10.3. The van der Waals surface area contributed by atoms with E-state index >= 15 is 0 Å². The maximum absolute atomic E-state index is 9.21. The molecule has 0 N–H and O–H groups in total. The van der Waals surface area contributed by atoms with Crippen molar-refractivity contribution in [3.8, 4) is 41.3 Å². The van der Waals surface area contributed by atoms with Crippen molar-refractivity contribution in [2.45, 2.75) is 66.9 Å². The van der Waals surface area contributed by atoms with Crippen LogP contribution in [0.3, 0.4) is 0 Å². The fourth-order valence-electron chi connectivity index (χ4n) is 4.87. The first-order valence-corrected chi connectivity index (χ1v) is 16.3. The zero-order chi connectivity index (χ0) is 35.7. The van der Waals surface area contributed by atoms with E-state index in [0.717, 1.165) is 22.3 Å². The number of ether oxygens (including phenoxy) is 3. The molecule has 5 aromatic rings. The van der Waals surface area contributed by atoms with Gasteiger partial charge in [-0.3, -0.25) is 0 Å². The average Bonchev–Trinajstić information content (AvgIpc) is 3.03. The molecule has 0 bridgehead atoms. The molecule has 3 aromatic carbocycles. The van der Waals surface area contributed by atoms with Crippen LogP contribution in [-0.2, 0) is 6.61 Å². The van der Waals surface area contributed by atoms with E-state index in [-0.39, 0.29) is 22.3 Å². The largest absolute Gasteiger partial charge is 0.472 e. The quantitative estimate of drug-likeness (QED) is 0.109. The molecule has 0 spiro atoms. The number of aryl methyl sites for hydroxylation is 3. The van der Waals surface area contributed by atoms with Crippen LogP contribution in [0.15, 0.2) is 66.7 Å². The average molecular weight is 696 g/mol. The minimum atomic E-state index is 0.0209. The molecule has 250 valence electrons. The maximum atomic E-state index is 9.21. The number of nitriles is 2. The first-order valence-electron chi connectivity index (χ1n) is 15.5. The second kappa shape index (κ2) is 16.7. The van der Waals surface area contributed by atoms with Crippen molar-refractivity contribution >= 4 is 23.2 Å². The molecule has 9 nitrogen and oxygen atoms in total. The van der Waals surface area contributed by atoms with E-state index in [0.29, 0.717) is 58.3 Å². The van der Waals surface area contributed by atoms with Crippen LogP contribution in [-0.4, -0.2) is 19.9 Å². The first kappa shape index (κ1) is 36.6. The van der Waals surface area contributed by atoms with Gasteiger partial charge in [-0.05, 0) is 97.3 Å². The van der Waals surface area contributed by atoms with Crippen molar-refractivity contribution in [1.29, 1.82) is 10.5 Å². The molecule has 0 aliphatic heterocycles. The van der Waals surface area contributed by atoms with Gasteiger partial charge in [-0.15, -0.1) is 0 Å². The normalized spacial score (nSPS) is 10.6. The van der Waals surface area contributed by atoms with E-state index in [1.807, 2.05) is 97.0 Å². The highest BCUT2D eigenvalue weighted by Gasteiger charge is 2.21.